The average Bonchev–Trinajstić information content (AvgIpc) is 2.63. The minimum atomic E-state index is -0.876. The number of carboxylic acids is 1. The van der Waals surface area contributed by atoms with Crippen molar-refractivity contribution in [1.82, 2.24) is 15.6 Å². The van der Waals surface area contributed by atoms with E-state index in [1.165, 1.54) is 0 Å². The maximum absolute atomic E-state index is 11.7. The van der Waals surface area contributed by atoms with Crippen LogP contribution in [0, 0.1) is 0 Å². The number of carboxylic acid groups (broad SMARTS) is 1. The monoisotopic (exact) mass is 343 g/mol. The molecular formula is C18H21N3O4. The number of hydrogen-bond donors (Lipinski definition) is 3. The molecule has 2 amide bonds. The van der Waals surface area contributed by atoms with E-state index in [4.69, 9.17) is 9.84 Å². The quantitative estimate of drug-likeness (QED) is 0.607. The van der Waals surface area contributed by atoms with Gasteiger partial charge in [-0.15, -0.1) is 0 Å². The van der Waals surface area contributed by atoms with Crippen LogP contribution in [0.15, 0.2) is 48.8 Å². The summed E-state index contributed by atoms with van der Waals surface area (Å²) in [6, 6.07) is 11.2. The number of urea groups is 1. The molecule has 0 radical (unpaired) electrons. The first kappa shape index (κ1) is 18.3. The number of amides is 2. The maximum atomic E-state index is 11.7. The number of benzene rings is 1. The Morgan fingerprint density at radius 1 is 1.12 bits per heavy atom. The highest BCUT2D eigenvalue weighted by atomic mass is 16.5. The van der Waals surface area contributed by atoms with Crippen molar-refractivity contribution in [1.29, 1.82) is 0 Å². The molecule has 0 unspecified atom stereocenters. The molecule has 0 aliphatic carbocycles. The SMILES string of the molecule is O=C(O)CCCNC(=O)NCc1ccncc1OCc1ccccc1. The summed E-state index contributed by atoms with van der Waals surface area (Å²) in [6.07, 6.45) is 3.67. The third-order valence-corrected chi connectivity index (χ3v) is 3.40. The average molecular weight is 343 g/mol. The Morgan fingerprint density at radius 3 is 2.68 bits per heavy atom. The fourth-order valence-electron chi connectivity index (χ4n) is 2.10. The lowest BCUT2D eigenvalue weighted by Crippen LogP contribution is -2.35. The molecule has 0 fully saturated rings. The molecule has 0 atom stereocenters. The Balaban J connectivity index is 1.79. The van der Waals surface area contributed by atoms with E-state index in [9.17, 15) is 9.59 Å². The van der Waals surface area contributed by atoms with Crippen LogP contribution in [0.25, 0.3) is 0 Å². The van der Waals surface area contributed by atoms with Crippen molar-refractivity contribution in [2.24, 2.45) is 0 Å². The van der Waals surface area contributed by atoms with Crippen molar-refractivity contribution >= 4 is 12.0 Å². The summed E-state index contributed by atoms with van der Waals surface area (Å²) in [5, 5.41) is 13.9. The Hall–Kier alpha value is -3.09. The molecule has 0 saturated heterocycles. The lowest BCUT2D eigenvalue weighted by atomic mass is 10.2. The van der Waals surface area contributed by atoms with Crippen LogP contribution in [0.1, 0.15) is 24.0 Å². The van der Waals surface area contributed by atoms with Gasteiger partial charge in [-0.3, -0.25) is 9.78 Å². The molecule has 1 aromatic heterocycles. The molecule has 3 N–H and O–H groups in total. The first-order chi connectivity index (χ1) is 12.1. The summed E-state index contributed by atoms with van der Waals surface area (Å²) in [5.74, 6) is -0.267. The zero-order valence-electron chi connectivity index (χ0n) is 13.8. The number of carbonyl (C=O) groups excluding carboxylic acids is 1. The molecule has 2 rings (SSSR count). The third-order valence-electron chi connectivity index (χ3n) is 3.40. The predicted octanol–water partition coefficient (Wildman–Crippen LogP) is 2.32. The number of aromatic nitrogens is 1. The molecule has 0 saturated carbocycles. The van der Waals surface area contributed by atoms with Crippen molar-refractivity contribution in [3.63, 3.8) is 0 Å². The molecule has 1 aromatic carbocycles. The van der Waals surface area contributed by atoms with Gasteiger partial charge in [-0.25, -0.2) is 4.79 Å². The number of carbonyl (C=O) groups is 2. The van der Waals surface area contributed by atoms with Gasteiger partial charge in [-0.1, -0.05) is 30.3 Å². The lowest BCUT2D eigenvalue weighted by Gasteiger charge is -2.12. The summed E-state index contributed by atoms with van der Waals surface area (Å²) in [6.45, 7) is 1.02. The fraction of sp³-hybridized carbons (Fsp3) is 0.278. The van der Waals surface area contributed by atoms with Gasteiger partial charge in [0, 0.05) is 31.3 Å². The Kier molecular flexibility index (Phi) is 7.24. The molecule has 1 heterocycles. The van der Waals surface area contributed by atoms with Crippen LogP contribution in [0.3, 0.4) is 0 Å². The van der Waals surface area contributed by atoms with Crippen LogP contribution in [0.5, 0.6) is 5.75 Å². The topological polar surface area (TPSA) is 101 Å². The molecule has 7 heteroatoms. The molecule has 2 aromatic rings. The smallest absolute Gasteiger partial charge is 0.315 e. The second-order valence-electron chi connectivity index (χ2n) is 5.36. The van der Waals surface area contributed by atoms with Crippen molar-refractivity contribution < 1.29 is 19.4 Å². The lowest BCUT2D eigenvalue weighted by molar-refractivity contribution is -0.137. The number of hydrogen-bond acceptors (Lipinski definition) is 4. The molecule has 0 bridgehead atoms. The maximum Gasteiger partial charge on any atom is 0.315 e. The van der Waals surface area contributed by atoms with Crippen molar-refractivity contribution in [2.75, 3.05) is 6.54 Å². The number of pyridine rings is 1. The van der Waals surface area contributed by atoms with Crippen LogP contribution in [-0.2, 0) is 17.9 Å². The Morgan fingerprint density at radius 2 is 1.92 bits per heavy atom. The zero-order valence-corrected chi connectivity index (χ0v) is 13.8. The second kappa shape index (κ2) is 9.92. The normalized spacial score (nSPS) is 10.1. The van der Waals surface area contributed by atoms with Crippen LogP contribution >= 0.6 is 0 Å². The van der Waals surface area contributed by atoms with E-state index < -0.39 is 5.97 Å². The summed E-state index contributed by atoms with van der Waals surface area (Å²) >= 11 is 0. The van der Waals surface area contributed by atoms with Crippen LogP contribution in [-0.4, -0.2) is 28.6 Å². The number of nitrogens with zero attached hydrogens (tertiary/aromatic N) is 1. The van der Waals surface area contributed by atoms with E-state index >= 15 is 0 Å². The van der Waals surface area contributed by atoms with Gasteiger partial charge >= 0.3 is 12.0 Å². The molecular weight excluding hydrogens is 322 g/mol. The fourth-order valence-corrected chi connectivity index (χ4v) is 2.10. The van der Waals surface area contributed by atoms with E-state index in [1.54, 1.807) is 18.5 Å². The van der Waals surface area contributed by atoms with E-state index in [-0.39, 0.29) is 19.0 Å². The first-order valence-corrected chi connectivity index (χ1v) is 7.98. The summed E-state index contributed by atoms with van der Waals surface area (Å²) in [5.41, 5.74) is 1.85. The highest BCUT2D eigenvalue weighted by molar-refractivity contribution is 5.74. The van der Waals surface area contributed by atoms with Gasteiger partial charge in [-0.05, 0) is 18.1 Å². The zero-order chi connectivity index (χ0) is 17.9. The van der Waals surface area contributed by atoms with E-state index in [1.807, 2.05) is 30.3 Å². The number of aliphatic carboxylic acids is 1. The Labute approximate surface area is 146 Å². The summed E-state index contributed by atoms with van der Waals surface area (Å²) < 4.78 is 5.78. The molecule has 7 nitrogen and oxygen atoms in total. The standard InChI is InChI=1S/C18H21N3O4/c22-17(23)7-4-9-20-18(24)21-11-15-8-10-19-12-16(15)25-13-14-5-2-1-3-6-14/h1-3,5-6,8,10,12H,4,7,9,11,13H2,(H,22,23)(H2,20,21,24). The van der Waals surface area contributed by atoms with Gasteiger partial charge in [-0.2, -0.15) is 0 Å². The molecule has 0 aliphatic heterocycles. The molecule has 25 heavy (non-hydrogen) atoms. The van der Waals surface area contributed by atoms with Gasteiger partial charge in [0.2, 0.25) is 0 Å². The van der Waals surface area contributed by atoms with Gasteiger partial charge in [0.15, 0.2) is 0 Å². The van der Waals surface area contributed by atoms with Crippen LogP contribution < -0.4 is 15.4 Å². The van der Waals surface area contributed by atoms with E-state index in [0.717, 1.165) is 11.1 Å². The third kappa shape index (κ3) is 6.90. The van der Waals surface area contributed by atoms with Gasteiger partial charge < -0.3 is 20.5 Å². The van der Waals surface area contributed by atoms with Gasteiger partial charge in [0.05, 0.1) is 6.20 Å². The van der Waals surface area contributed by atoms with Crippen LogP contribution in [0.2, 0.25) is 0 Å². The summed E-state index contributed by atoms with van der Waals surface area (Å²) in [4.78, 5) is 26.2. The second-order valence-corrected chi connectivity index (χ2v) is 5.36. The number of nitrogens with one attached hydrogen (secondary N) is 2. The van der Waals surface area contributed by atoms with Crippen LogP contribution in [0.4, 0.5) is 4.79 Å². The number of ether oxygens (including phenoxy) is 1. The number of rotatable bonds is 9. The van der Waals surface area contributed by atoms with E-state index in [2.05, 4.69) is 15.6 Å². The van der Waals surface area contributed by atoms with Crippen molar-refractivity contribution in [3.8, 4) is 5.75 Å². The first-order valence-electron chi connectivity index (χ1n) is 7.98. The highest BCUT2D eigenvalue weighted by Crippen LogP contribution is 2.17. The molecule has 0 aliphatic rings. The largest absolute Gasteiger partial charge is 0.487 e. The van der Waals surface area contributed by atoms with Crippen molar-refractivity contribution in [3.05, 3.63) is 59.9 Å². The summed E-state index contributed by atoms with van der Waals surface area (Å²) in [7, 11) is 0. The van der Waals surface area contributed by atoms with E-state index in [0.29, 0.717) is 25.3 Å². The minimum absolute atomic E-state index is 0.0299. The highest BCUT2D eigenvalue weighted by Gasteiger charge is 2.07. The van der Waals surface area contributed by atoms with Crippen molar-refractivity contribution in [2.45, 2.75) is 26.0 Å². The molecule has 0 spiro atoms. The predicted molar refractivity (Wildman–Crippen MR) is 92.1 cm³/mol. The van der Waals surface area contributed by atoms with Gasteiger partial charge in [0.1, 0.15) is 12.4 Å². The molecule has 132 valence electrons. The van der Waals surface area contributed by atoms with Gasteiger partial charge in [0.25, 0.3) is 0 Å². The minimum Gasteiger partial charge on any atom is -0.487 e. The Bertz CT molecular complexity index is 692.